The minimum atomic E-state index is 0. The summed E-state index contributed by atoms with van der Waals surface area (Å²) in [7, 11) is 3.48. The second-order valence-electron chi connectivity index (χ2n) is 6.96. The molecule has 1 heterocycles. The minimum Gasteiger partial charge on any atom is -0.496 e. The molecule has 0 spiro atoms. The molecule has 28 heavy (non-hydrogen) atoms. The van der Waals surface area contributed by atoms with Crippen molar-refractivity contribution in [3.05, 3.63) is 28.2 Å². The molecular weight excluding hydrogens is 537 g/mol. The van der Waals surface area contributed by atoms with Crippen molar-refractivity contribution in [1.82, 2.24) is 20.4 Å². The lowest BCUT2D eigenvalue weighted by Crippen LogP contribution is -2.54. The van der Waals surface area contributed by atoms with Crippen LogP contribution in [0.25, 0.3) is 0 Å². The summed E-state index contributed by atoms with van der Waals surface area (Å²) in [5.74, 6) is 1.88. The van der Waals surface area contributed by atoms with Crippen LogP contribution in [0.5, 0.6) is 5.75 Å². The first kappa shape index (κ1) is 23.2. The number of hydrogen-bond donors (Lipinski definition) is 2. The molecule has 0 radical (unpaired) electrons. The summed E-state index contributed by atoms with van der Waals surface area (Å²) in [6.07, 6.45) is 2.26. The first-order valence-corrected chi connectivity index (χ1v) is 10.2. The average molecular weight is 566 g/mol. The fraction of sp³-hybridized carbons (Fsp3) is 0.579. The summed E-state index contributed by atoms with van der Waals surface area (Å²) in [5.41, 5.74) is 1.07. The van der Waals surface area contributed by atoms with Crippen molar-refractivity contribution in [2.24, 2.45) is 4.99 Å². The predicted molar refractivity (Wildman–Crippen MR) is 125 cm³/mol. The van der Waals surface area contributed by atoms with Crippen LogP contribution in [0, 0.1) is 0 Å². The normalized spacial score (nSPS) is 17.7. The zero-order chi connectivity index (χ0) is 19.2. The molecular formula is C19H29BrIN5O2. The molecule has 2 fully saturated rings. The highest BCUT2D eigenvalue weighted by Gasteiger charge is 2.25. The van der Waals surface area contributed by atoms with Crippen LogP contribution in [0.2, 0.25) is 0 Å². The van der Waals surface area contributed by atoms with E-state index in [9.17, 15) is 4.79 Å². The van der Waals surface area contributed by atoms with E-state index in [4.69, 9.17) is 4.74 Å². The van der Waals surface area contributed by atoms with Crippen LogP contribution in [-0.2, 0) is 11.3 Å². The Morgan fingerprint density at radius 3 is 2.61 bits per heavy atom. The molecule has 1 saturated heterocycles. The molecule has 9 heteroatoms. The number of guanidine groups is 1. The number of hydrogen-bond acceptors (Lipinski definition) is 4. The lowest BCUT2D eigenvalue weighted by molar-refractivity contribution is -0.122. The molecule has 7 nitrogen and oxygen atoms in total. The number of methoxy groups -OCH3 is 1. The van der Waals surface area contributed by atoms with Crippen LogP contribution in [0.3, 0.4) is 0 Å². The Morgan fingerprint density at radius 1 is 1.29 bits per heavy atom. The standard InChI is InChI=1S/C19H28BrN5O2.HI/c1-21-19(22-12-14-11-15(20)3-6-17(14)27-2)25-9-7-24(8-10-25)13-18(26)23-16-4-5-16;/h3,6,11,16H,4-5,7-10,12-13H2,1-2H3,(H,21,22)(H,23,26);1H. The number of carbonyl (C=O) groups excluding carboxylic acids is 1. The third kappa shape index (κ3) is 6.77. The monoisotopic (exact) mass is 565 g/mol. The molecule has 1 aromatic rings. The maximum Gasteiger partial charge on any atom is 0.234 e. The zero-order valence-electron chi connectivity index (χ0n) is 16.4. The number of halogens is 2. The van der Waals surface area contributed by atoms with Gasteiger partial charge in [0.2, 0.25) is 5.91 Å². The summed E-state index contributed by atoms with van der Waals surface area (Å²) >= 11 is 3.51. The quantitative estimate of drug-likeness (QED) is 0.314. The molecule has 3 rings (SSSR count). The average Bonchev–Trinajstić information content (AvgIpc) is 3.47. The van der Waals surface area contributed by atoms with E-state index in [1.54, 1.807) is 14.2 Å². The highest BCUT2D eigenvalue weighted by atomic mass is 127. The van der Waals surface area contributed by atoms with Gasteiger partial charge in [-0.1, -0.05) is 15.9 Å². The summed E-state index contributed by atoms with van der Waals surface area (Å²) in [6.45, 7) is 4.56. The van der Waals surface area contributed by atoms with Gasteiger partial charge in [0.05, 0.1) is 13.7 Å². The molecule has 1 aliphatic heterocycles. The number of nitrogens with zero attached hydrogens (tertiary/aromatic N) is 3. The van der Waals surface area contributed by atoms with Crippen LogP contribution >= 0.6 is 39.9 Å². The van der Waals surface area contributed by atoms with Crippen LogP contribution in [-0.4, -0.2) is 74.6 Å². The lowest BCUT2D eigenvalue weighted by atomic mass is 10.2. The van der Waals surface area contributed by atoms with Crippen molar-refractivity contribution in [2.45, 2.75) is 25.4 Å². The summed E-state index contributed by atoms with van der Waals surface area (Å²) in [6, 6.07) is 6.40. The van der Waals surface area contributed by atoms with E-state index in [0.29, 0.717) is 19.1 Å². The van der Waals surface area contributed by atoms with Crippen LogP contribution < -0.4 is 15.4 Å². The van der Waals surface area contributed by atoms with Gasteiger partial charge >= 0.3 is 0 Å². The van der Waals surface area contributed by atoms with Gasteiger partial charge in [0.15, 0.2) is 5.96 Å². The van der Waals surface area contributed by atoms with E-state index in [0.717, 1.165) is 60.8 Å². The molecule has 156 valence electrons. The Kier molecular flexibility index (Phi) is 9.29. The highest BCUT2D eigenvalue weighted by molar-refractivity contribution is 14.0. The van der Waals surface area contributed by atoms with E-state index >= 15 is 0 Å². The lowest BCUT2D eigenvalue weighted by Gasteiger charge is -2.36. The third-order valence-corrected chi connectivity index (χ3v) is 5.37. The van der Waals surface area contributed by atoms with Crippen molar-refractivity contribution >= 4 is 51.8 Å². The van der Waals surface area contributed by atoms with Crippen molar-refractivity contribution in [3.63, 3.8) is 0 Å². The number of aliphatic imine (C=N–C) groups is 1. The number of benzene rings is 1. The zero-order valence-corrected chi connectivity index (χ0v) is 20.3. The van der Waals surface area contributed by atoms with Crippen LogP contribution in [0.4, 0.5) is 0 Å². The largest absolute Gasteiger partial charge is 0.496 e. The minimum absolute atomic E-state index is 0. The van der Waals surface area contributed by atoms with E-state index < -0.39 is 0 Å². The Bertz CT molecular complexity index is 691. The molecule has 0 atom stereocenters. The highest BCUT2D eigenvalue weighted by Crippen LogP contribution is 2.23. The fourth-order valence-electron chi connectivity index (χ4n) is 3.21. The summed E-state index contributed by atoms with van der Waals surface area (Å²) in [4.78, 5) is 20.8. The van der Waals surface area contributed by atoms with E-state index in [-0.39, 0.29) is 29.9 Å². The van der Waals surface area contributed by atoms with Crippen molar-refractivity contribution in [3.8, 4) is 5.75 Å². The SMILES string of the molecule is CN=C(NCc1cc(Br)ccc1OC)N1CCN(CC(=O)NC2CC2)CC1.I. The Morgan fingerprint density at radius 2 is 2.00 bits per heavy atom. The molecule has 1 aliphatic carbocycles. The number of ether oxygens (including phenoxy) is 1. The van der Waals surface area contributed by atoms with Crippen molar-refractivity contribution in [1.29, 1.82) is 0 Å². The molecule has 2 N–H and O–H groups in total. The van der Waals surface area contributed by atoms with Gasteiger partial charge in [0.1, 0.15) is 5.75 Å². The number of carbonyl (C=O) groups is 1. The van der Waals surface area contributed by atoms with Gasteiger partial charge in [-0.2, -0.15) is 0 Å². The second-order valence-corrected chi connectivity index (χ2v) is 7.88. The second kappa shape index (κ2) is 11.2. The molecule has 1 amide bonds. The smallest absolute Gasteiger partial charge is 0.234 e. The van der Waals surface area contributed by atoms with E-state index in [1.165, 1.54) is 0 Å². The van der Waals surface area contributed by atoms with Gasteiger partial charge in [-0.15, -0.1) is 24.0 Å². The third-order valence-electron chi connectivity index (χ3n) is 4.87. The van der Waals surface area contributed by atoms with Gasteiger partial charge in [-0.25, -0.2) is 0 Å². The van der Waals surface area contributed by atoms with Crippen molar-refractivity contribution < 1.29 is 9.53 Å². The number of nitrogens with one attached hydrogen (secondary N) is 2. The Balaban J connectivity index is 0.00000280. The predicted octanol–water partition coefficient (Wildman–Crippen LogP) is 2.05. The molecule has 1 aromatic carbocycles. The van der Waals surface area contributed by atoms with Crippen LogP contribution in [0.1, 0.15) is 18.4 Å². The molecule has 1 saturated carbocycles. The van der Waals surface area contributed by atoms with Crippen LogP contribution in [0.15, 0.2) is 27.7 Å². The maximum atomic E-state index is 12.0. The van der Waals surface area contributed by atoms with Gasteiger partial charge in [-0.05, 0) is 31.0 Å². The topological polar surface area (TPSA) is 69.2 Å². The molecule has 0 bridgehead atoms. The van der Waals surface area contributed by atoms with E-state index in [1.807, 2.05) is 12.1 Å². The Hall–Kier alpha value is -1.07. The fourth-order valence-corrected chi connectivity index (χ4v) is 3.62. The molecule has 0 unspecified atom stereocenters. The molecule has 0 aromatic heterocycles. The summed E-state index contributed by atoms with van der Waals surface area (Å²) < 4.78 is 6.46. The van der Waals surface area contributed by atoms with Gasteiger partial charge in [0.25, 0.3) is 0 Å². The van der Waals surface area contributed by atoms with Gasteiger partial charge in [0, 0.05) is 55.8 Å². The number of amides is 1. The first-order chi connectivity index (χ1) is 13.1. The first-order valence-electron chi connectivity index (χ1n) is 9.38. The van der Waals surface area contributed by atoms with Gasteiger partial charge < -0.3 is 20.3 Å². The number of piperazine rings is 1. The van der Waals surface area contributed by atoms with Gasteiger partial charge in [-0.3, -0.25) is 14.7 Å². The van der Waals surface area contributed by atoms with E-state index in [2.05, 4.69) is 47.4 Å². The summed E-state index contributed by atoms with van der Waals surface area (Å²) in [5, 5.41) is 6.48. The Labute approximate surface area is 192 Å². The van der Waals surface area contributed by atoms with Crippen molar-refractivity contribution in [2.75, 3.05) is 46.9 Å². The number of rotatable bonds is 6. The maximum absolute atomic E-state index is 12.0. The molecule has 2 aliphatic rings.